The predicted molar refractivity (Wildman–Crippen MR) is 59.9 cm³/mol. The highest BCUT2D eigenvalue weighted by atomic mass is 16.8. The van der Waals surface area contributed by atoms with Gasteiger partial charge in [0.05, 0.1) is 13.3 Å². The molecule has 17 heavy (non-hydrogen) atoms. The Hall–Kier alpha value is -1.18. The fourth-order valence-corrected chi connectivity index (χ4v) is 2.07. The predicted octanol–water partition coefficient (Wildman–Crippen LogP) is -0.286. The Morgan fingerprint density at radius 2 is 1.82 bits per heavy atom. The van der Waals surface area contributed by atoms with Crippen molar-refractivity contribution in [1.29, 1.82) is 0 Å². The monoisotopic (exact) mass is 237 g/mol. The van der Waals surface area contributed by atoms with Crippen molar-refractivity contribution in [2.24, 2.45) is 5.41 Å². The molecule has 6 nitrogen and oxygen atoms in total. The Morgan fingerprint density at radius 3 is 2.29 bits per heavy atom. The lowest BCUT2D eigenvalue weighted by Gasteiger charge is -2.57. The molecule has 0 unspecified atom stereocenters. The van der Waals surface area contributed by atoms with Crippen LogP contribution in [0.3, 0.4) is 0 Å². The topological polar surface area (TPSA) is 62.7 Å². The Bertz CT molecular complexity index is 400. The second-order valence-electron chi connectivity index (χ2n) is 4.87. The SMILES string of the molecule is COc1cnc([B-]23OCC(C)(CO2)CO3)cn1. The van der Waals surface area contributed by atoms with Gasteiger partial charge in [0, 0.05) is 31.4 Å². The summed E-state index contributed by atoms with van der Waals surface area (Å²) in [5.74, 6) is 0.456. The third-order valence-electron chi connectivity index (χ3n) is 3.17. The van der Waals surface area contributed by atoms with Crippen LogP contribution in [0.1, 0.15) is 6.92 Å². The molecule has 0 atom stereocenters. The number of ether oxygens (including phenoxy) is 1. The number of aromatic nitrogens is 2. The highest BCUT2D eigenvalue weighted by Gasteiger charge is 2.47. The Labute approximate surface area is 99.3 Å². The second-order valence-corrected chi connectivity index (χ2v) is 4.87. The molecule has 7 heteroatoms. The van der Waals surface area contributed by atoms with E-state index in [4.69, 9.17) is 18.7 Å². The fourth-order valence-electron chi connectivity index (χ4n) is 2.07. The van der Waals surface area contributed by atoms with Crippen LogP contribution in [0, 0.1) is 5.41 Å². The number of hydrogen-bond acceptors (Lipinski definition) is 6. The van der Waals surface area contributed by atoms with Crippen LogP contribution in [0.15, 0.2) is 12.4 Å². The maximum absolute atomic E-state index is 5.70. The molecule has 0 radical (unpaired) electrons. The van der Waals surface area contributed by atoms with Gasteiger partial charge in [0.15, 0.2) is 0 Å². The molecule has 3 fully saturated rings. The highest BCUT2D eigenvalue weighted by molar-refractivity contribution is 6.74. The van der Waals surface area contributed by atoms with E-state index in [1.165, 1.54) is 6.20 Å². The molecule has 0 aromatic carbocycles. The quantitative estimate of drug-likeness (QED) is 0.659. The molecule has 4 rings (SSSR count). The third-order valence-corrected chi connectivity index (χ3v) is 3.17. The minimum atomic E-state index is -1.90. The molecule has 2 bridgehead atoms. The Morgan fingerprint density at radius 1 is 1.18 bits per heavy atom. The first-order valence-corrected chi connectivity index (χ1v) is 5.58. The summed E-state index contributed by atoms with van der Waals surface area (Å²) in [5.41, 5.74) is 0.538. The molecular weight excluding hydrogens is 223 g/mol. The van der Waals surface area contributed by atoms with Crippen molar-refractivity contribution >= 4 is 12.3 Å². The minimum absolute atomic E-state index is 0.0383. The van der Waals surface area contributed by atoms with Crippen LogP contribution in [0.25, 0.3) is 0 Å². The maximum Gasteiger partial charge on any atom is 0.429 e. The standard InChI is InChI=1S/C10H14BN2O4/c1-10-5-15-11(16-6-10,17-7-10)8-3-13-9(14-2)4-12-8/h3-4H,5-7H2,1-2H3/q-1. The van der Waals surface area contributed by atoms with Crippen molar-refractivity contribution in [2.75, 3.05) is 26.9 Å². The van der Waals surface area contributed by atoms with Crippen LogP contribution >= 0.6 is 0 Å². The molecule has 4 heterocycles. The van der Waals surface area contributed by atoms with E-state index in [1.54, 1.807) is 13.3 Å². The summed E-state index contributed by atoms with van der Waals surface area (Å²) in [6.45, 7) is 2.05. The molecular formula is C10H14BN2O4-. The van der Waals surface area contributed by atoms with Crippen molar-refractivity contribution in [3.63, 3.8) is 0 Å². The highest BCUT2D eigenvalue weighted by Crippen LogP contribution is 2.34. The number of nitrogens with zero attached hydrogens (tertiary/aromatic N) is 2. The average Bonchev–Trinajstić information content (AvgIpc) is 2.40. The number of fused-ring (bicyclic) bond motifs is 3. The molecule has 0 amide bonds. The summed E-state index contributed by atoms with van der Waals surface area (Å²) in [6, 6.07) is 0. The van der Waals surface area contributed by atoms with E-state index in [1.807, 2.05) is 0 Å². The van der Waals surface area contributed by atoms with Crippen molar-refractivity contribution < 1.29 is 18.7 Å². The Balaban J connectivity index is 1.88. The van der Waals surface area contributed by atoms with Gasteiger partial charge in [-0.1, -0.05) is 6.92 Å². The molecule has 3 aliphatic rings. The van der Waals surface area contributed by atoms with E-state index in [0.29, 0.717) is 31.3 Å². The zero-order valence-electron chi connectivity index (χ0n) is 9.88. The summed E-state index contributed by atoms with van der Waals surface area (Å²) in [7, 11) is 1.54. The van der Waals surface area contributed by atoms with Crippen molar-refractivity contribution in [3.8, 4) is 5.88 Å². The van der Waals surface area contributed by atoms with Crippen LogP contribution in [0.4, 0.5) is 0 Å². The summed E-state index contributed by atoms with van der Waals surface area (Å²) >= 11 is 0. The van der Waals surface area contributed by atoms with Gasteiger partial charge in [-0.3, -0.25) is 4.98 Å². The third kappa shape index (κ3) is 1.70. The molecule has 92 valence electrons. The normalized spacial score (nSPS) is 35.9. The zero-order chi connectivity index (χ0) is 11.9. The summed E-state index contributed by atoms with van der Waals surface area (Å²) < 4.78 is 22.1. The molecule has 0 aliphatic carbocycles. The zero-order valence-corrected chi connectivity index (χ0v) is 9.88. The van der Waals surface area contributed by atoms with Crippen LogP contribution in [0.5, 0.6) is 5.88 Å². The number of methoxy groups -OCH3 is 1. The molecule has 3 saturated heterocycles. The molecule has 0 N–H and O–H groups in total. The summed E-state index contributed by atoms with van der Waals surface area (Å²) in [4.78, 5) is 8.32. The average molecular weight is 237 g/mol. The molecule has 3 aliphatic heterocycles. The van der Waals surface area contributed by atoms with E-state index >= 15 is 0 Å². The van der Waals surface area contributed by atoms with E-state index in [0.717, 1.165) is 0 Å². The lowest BCUT2D eigenvalue weighted by atomic mass is 9.68. The van der Waals surface area contributed by atoms with Crippen LogP contribution in [-0.4, -0.2) is 43.7 Å². The summed E-state index contributed by atoms with van der Waals surface area (Å²) in [5, 5.41) is 0. The second kappa shape index (κ2) is 3.66. The number of hydrogen-bond donors (Lipinski definition) is 0. The van der Waals surface area contributed by atoms with Crippen molar-refractivity contribution in [1.82, 2.24) is 9.97 Å². The first-order chi connectivity index (χ1) is 8.16. The molecule has 0 spiro atoms. The lowest BCUT2D eigenvalue weighted by Crippen LogP contribution is -2.69. The van der Waals surface area contributed by atoms with E-state index in [2.05, 4.69) is 16.9 Å². The van der Waals surface area contributed by atoms with Crippen LogP contribution in [0.2, 0.25) is 0 Å². The van der Waals surface area contributed by atoms with Crippen molar-refractivity contribution in [3.05, 3.63) is 12.4 Å². The van der Waals surface area contributed by atoms with Gasteiger partial charge in [0.1, 0.15) is 0 Å². The van der Waals surface area contributed by atoms with Gasteiger partial charge in [-0.2, -0.15) is 0 Å². The van der Waals surface area contributed by atoms with Gasteiger partial charge in [-0.05, 0) is 5.59 Å². The van der Waals surface area contributed by atoms with Crippen LogP contribution < -0.4 is 10.3 Å². The number of rotatable bonds is 2. The maximum atomic E-state index is 5.70. The fraction of sp³-hybridized carbons (Fsp3) is 0.600. The van der Waals surface area contributed by atoms with Crippen LogP contribution in [-0.2, 0) is 14.0 Å². The first-order valence-electron chi connectivity index (χ1n) is 5.58. The summed E-state index contributed by atoms with van der Waals surface area (Å²) in [6.07, 6.45) is 3.11. The lowest BCUT2D eigenvalue weighted by molar-refractivity contribution is -0.119. The van der Waals surface area contributed by atoms with Gasteiger partial charge in [-0.15, -0.1) is 0 Å². The smallest absolute Gasteiger partial charge is 0.429 e. The Kier molecular flexibility index (Phi) is 2.36. The minimum Gasteiger partial charge on any atom is -0.539 e. The van der Waals surface area contributed by atoms with Gasteiger partial charge in [-0.25, -0.2) is 4.98 Å². The van der Waals surface area contributed by atoms with Gasteiger partial charge >= 0.3 is 6.75 Å². The molecule has 0 saturated carbocycles. The van der Waals surface area contributed by atoms with Gasteiger partial charge in [0.2, 0.25) is 5.88 Å². The first kappa shape index (κ1) is 10.9. The van der Waals surface area contributed by atoms with Gasteiger partial charge < -0.3 is 18.7 Å². The van der Waals surface area contributed by atoms with E-state index in [-0.39, 0.29) is 5.41 Å². The van der Waals surface area contributed by atoms with E-state index < -0.39 is 6.75 Å². The van der Waals surface area contributed by atoms with E-state index in [9.17, 15) is 0 Å². The largest absolute Gasteiger partial charge is 0.539 e. The molecule has 1 aromatic heterocycles. The van der Waals surface area contributed by atoms with Crippen molar-refractivity contribution in [2.45, 2.75) is 6.92 Å². The van der Waals surface area contributed by atoms with Gasteiger partial charge in [0.25, 0.3) is 0 Å². The molecule has 1 aromatic rings.